The van der Waals surface area contributed by atoms with Gasteiger partial charge < -0.3 is 0 Å². The van der Waals surface area contributed by atoms with Gasteiger partial charge >= 0.3 is 0 Å². The van der Waals surface area contributed by atoms with Gasteiger partial charge in [0.25, 0.3) is 10.0 Å². The van der Waals surface area contributed by atoms with Gasteiger partial charge in [-0.15, -0.1) is 0 Å². The van der Waals surface area contributed by atoms with Gasteiger partial charge in [-0.25, -0.2) is 22.0 Å². The van der Waals surface area contributed by atoms with E-state index in [0.29, 0.717) is 5.69 Å². The van der Waals surface area contributed by atoms with Crippen molar-refractivity contribution < 1.29 is 16.8 Å². The Morgan fingerprint density at radius 3 is 2.00 bits per heavy atom. The van der Waals surface area contributed by atoms with Crippen LogP contribution < -0.4 is 9.44 Å². The lowest BCUT2D eigenvalue weighted by atomic mass is 10.3. The number of nitrogens with two attached hydrogens (primary N) is 1. The van der Waals surface area contributed by atoms with Crippen LogP contribution in [0, 0.1) is 0 Å². The molecule has 0 radical (unpaired) electrons. The lowest BCUT2D eigenvalue weighted by Crippen LogP contribution is -2.26. The smallest absolute Gasteiger partial charge is 0.264 e. The van der Waals surface area contributed by atoms with Crippen molar-refractivity contribution in [2.24, 2.45) is 5.14 Å². The first-order valence-corrected chi connectivity index (χ1v) is 8.88. The van der Waals surface area contributed by atoms with Crippen LogP contribution in [-0.4, -0.2) is 23.9 Å². The third-order valence-corrected chi connectivity index (χ3v) is 5.60. The van der Waals surface area contributed by atoms with Gasteiger partial charge in [0.1, 0.15) is 0 Å². The molecule has 0 unspecified atom stereocenters. The molecule has 0 fully saturated rings. The zero-order chi connectivity index (χ0) is 15.7. The van der Waals surface area contributed by atoms with E-state index in [1.165, 1.54) is 25.2 Å². The summed E-state index contributed by atoms with van der Waals surface area (Å²) >= 11 is 0. The van der Waals surface area contributed by atoms with Crippen molar-refractivity contribution in [3.8, 4) is 0 Å². The van der Waals surface area contributed by atoms with E-state index in [1.807, 2.05) is 0 Å². The van der Waals surface area contributed by atoms with E-state index < -0.39 is 20.0 Å². The third kappa shape index (κ3) is 3.23. The normalized spacial score (nSPS) is 12.1. The Hall–Kier alpha value is -1.90. The molecular formula is C13H14N2O4S2. The van der Waals surface area contributed by atoms with E-state index in [0.717, 1.165) is 10.4 Å². The lowest BCUT2D eigenvalue weighted by Gasteiger charge is -2.19. The van der Waals surface area contributed by atoms with E-state index >= 15 is 0 Å². The molecule has 0 amide bonds. The second-order valence-electron chi connectivity index (χ2n) is 4.33. The summed E-state index contributed by atoms with van der Waals surface area (Å²) in [6.45, 7) is 0. The highest BCUT2D eigenvalue weighted by Crippen LogP contribution is 2.23. The van der Waals surface area contributed by atoms with E-state index in [2.05, 4.69) is 0 Å². The van der Waals surface area contributed by atoms with Crippen LogP contribution in [0.15, 0.2) is 64.4 Å². The summed E-state index contributed by atoms with van der Waals surface area (Å²) in [6, 6.07) is 13.4. The van der Waals surface area contributed by atoms with Crippen LogP contribution in [0.3, 0.4) is 0 Å². The predicted octanol–water partition coefficient (Wildman–Crippen LogP) is 1.16. The molecule has 0 saturated heterocycles. The van der Waals surface area contributed by atoms with Crippen molar-refractivity contribution in [3.05, 3.63) is 54.6 Å². The Morgan fingerprint density at radius 1 is 0.857 bits per heavy atom. The minimum Gasteiger partial charge on any atom is -0.269 e. The fourth-order valence-electron chi connectivity index (χ4n) is 1.75. The molecule has 0 saturated carbocycles. The summed E-state index contributed by atoms with van der Waals surface area (Å²) in [5, 5.41) is 5.02. The van der Waals surface area contributed by atoms with Crippen molar-refractivity contribution in [1.29, 1.82) is 0 Å². The average Bonchev–Trinajstić information content (AvgIpc) is 2.46. The Labute approximate surface area is 123 Å². The maximum absolute atomic E-state index is 12.5. The van der Waals surface area contributed by atoms with E-state index in [1.54, 1.807) is 30.3 Å². The van der Waals surface area contributed by atoms with Crippen LogP contribution in [0.25, 0.3) is 0 Å². The van der Waals surface area contributed by atoms with Gasteiger partial charge in [-0.1, -0.05) is 24.3 Å². The predicted molar refractivity (Wildman–Crippen MR) is 79.8 cm³/mol. The van der Waals surface area contributed by atoms with Gasteiger partial charge in [0.2, 0.25) is 10.0 Å². The van der Waals surface area contributed by atoms with Gasteiger partial charge in [0, 0.05) is 7.05 Å². The average molecular weight is 326 g/mol. The highest BCUT2D eigenvalue weighted by Gasteiger charge is 2.22. The number of rotatable bonds is 4. The highest BCUT2D eigenvalue weighted by molar-refractivity contribution is 7.93. The molecule has 2 aromatic carbocycles. The van der Waals surface area contributed by atoms with E-state index in [4.69, 9.17) is 5.14 Å². The second kappa shape index (κ2) is 5.47. The van der Waals surface area contributed by atoms with E-state index in [-0.39, 0.29) is 9.79 Å². The number of anilines is 1. The molecule has 6 nitrogen and oxygen atoms in total. The van der Waals surface area contributed by atoms with Crippen molar-refractivity contribution in [2.75, 3.05) is 11.4 Å². The fraction of sp³-hybridized carbons (Fsp3) is 0.0769. The molecule has 2 aromatic rings. The van der Waals surface area contributed by atoms with Crippen LogP contribution >= 0.6 is 0 Å². The molecule has 0 aliphatic carbocycles. The molecule has 0 atom stereocenters. The minimum absolute atomic E-state index is 0.139. The summed E-state index contributed by atoms with van der Waals surface area (Å²) in [5.41, 5.74) is 0.471. The number of benzene rings is 2. The summed E-state index contributed by atoms with van der Waals surface area (Å²) in [7, 11) is -6.42. The molecule has 0 aliphatic heterocycles. The summed E-state index contributed by atoms with van der Waals surface area (Å²) in [4.78, 5) is -0.384. The number of hydrogen-bond donors (Lipinski definition) is 1. The van der Waals surface area contributed by atoms with Crippen molar-refractivity contribution in [2.45, 2.75) is 9.79 Å². The molecule has 0 spiro atoms. The van der Waals surface area contributed by atoms with Crippen LogP contribution in [-0.2, 0) is 20.0 Å². The zero-order valence-corrected chi connectivity index (χ0v) is 12.8. The van der Waals surface area contributed by atoms with Gasteiger partial charge in [0.05, 0.1) is 15.5 Å². The Kier molecular flexibility index (Phi) is 4.04. The Balaban J connectivity index is 2.50. The van der Waals surface area contributed by atoms with E-state index in [9.17, 15) is 16.8 Å². The minimum atomic E-state index is -3.96. The molecule has 0 heterocycles. The summed E-state index contributed by atoms with van der Waals surface area (Å²) in [5.74, 6) is 0. The maximum Gasteiger partial charge on any atom is 0.264 e. The number of sulfonamides is 2. The number of para-hydroxylation sites is 1. The van der Waals surface area contributed by atoms with Gasteiger partial charge in [0.15, 0.2) is 0 Å². The van der Waals surface area contributed by atoms with Gasteiger partial charge in [-0.3, -0.25) is 4.31 Å². The van der Waals surface area contributed by atoms with Crippen LogP contribution in [0.5, 0.6) is 0 Å². The largest absolute Gasteiger partial charge is 0.269 e. The maximum atomic E-state index is 12.5. The number of primary sulfonamides is 1. The monoisotopic (exact) mass is 326 g/mol. The quantitative estimate of drug-likeness (QED) is 0.911. The molecule has 2 N–H and O–H groups in total. The van der Waals surface area contributed by atoms with Gasteiger partial charge in [-0.2, -0.15) is 0 Å². The first-order valence-electron chi connectivity index (χ1n) is 5.90. The Morgan fingerprint density at radius 2 is 1.43 bits per heavy atom. The zero-order valence-electron chi connectivity index (χ0n) is 11.2. The Bertz CT molecular complexity index is 847. The number of hydrogen-bond acceptors (Lipinski definition) is 4. The molecule has 2 rings (SSSR count). The highest BCUT2D eigenvalue weighted by atomic mass is 32.2. The molecule has 21 heavy (non-hydrogen) atoms. The second-order valence-corrected chi connectivity index (χ2v) is 7.86. The SMILES string of the molecule is CN(c1ccccc1)S(=O)(=O)c1cccc(S(N)(=O)=O)c1. The van der Waals surface area contributed by atoms with Crippen molar-refractivity contribution in [1.82, 2.24) is 0 Å². The molecule has 0 aromatic heterocycles. The molecular weight excluding hydrogens is 312 g/mol. The van der Waals surface area contributed by atoms with Crippen LogP contribution in [0.1, 0.15) is 0 Å². The molecule has 0 aliphatic rings. The van der Waals surface area contributed by atoms with Gasteiger partial charge in [-0.05, 0) is 30.3 Å². The van der Waals surface area contributed by atoms with Crippen molar-refractivity contribution in [3.63, 3.8) is 0 Å². The molecule has 8 heteroatoms. The van der Waals surface area contributed by atoms with Crippen LogP contribution in [0.4, 0.5) is 5.69 Å². The molecule has 112 valence electrons. The topological polar surface area (TPSA) is 97.5 Å². The van der Waals surface area contributed by atoms with Crippen LogP contribution in [0.2, 0.25) is 0 Å². The standard InChI is InChI=1S/C13H14N2O4S2/c1-15(11-6-3-2-4-7-11)21(18,19)13-9-5-8-12(10-13)20(14,16)17/h2-10H,1H3,(H2,14,16,17). The summed E-state index contributed by atoms with van der Waals surface area (Å²) in [6.07, 6.45) is 0. The summed E-state index contributed by atoms with van der Waals surface area (Å²) < 4.78 is 48.7. The number of nitrogens with zero attached hydrogens (tertiary/aromatic N) is 1. The third-order valence-electron chi connectivity index (χ3n) is 2.91. The first-order chi connectivity index (χ1) is 9.73. The molecule has 0 bridgehead atoms. The lowest BCUT2D eigenvalue weighted by molar-refractivity contribution is 0.593. The first kappa shape index (κ1) is 15.5. The fourth-order valence-corrected chi connectivity index (χ4v) is 3.62. The van der Waals surface area contributed by atoms with Crippen molar-refractivity contribution >= 4 is 25.7 Å².